The molecule has 0 aliphatic carbocycles. The van der Waals surface area contributed by atoms with Gasteiger partial charge < -0.3 is 5.32 Å². The van der Waals surface area contributed by atoms with Crippen LogP contribution in [0.5, 0.6) is 0 Å². The van der Waals surface area contributed by atoms with E-state index in [4.69, 9.17) is 0 Å². The Morgan fingerprint density at radius 1 is 1.19 bits per heavy atom. The monoisotopic (exact) mass is 285 g/mol. The van der Waals surface area contributed by atoms with Crippen LogP contribution >= 0.6 is 0 Å². The Balaban J connectivity index is 2.30. The van der Waals surface area contributed by atoms with E-state index in [1.54, 1.807) is 6.07 Å². The molecule has 0 bridgehead atoms. The lowest BCUT2D eigenvalue weighted by Crippen LogP contribution is -2.26. The van der Waals surface area contributed by atoms with Crippen LogP contribution in [0, 0.1) is 19.8 Å². The minimum atomic E-state index is -0.00730. The molecule has 1 aromatic heterocycles. The Morgan fingerprint density at radius 3 is 2.48 bits per heavy atom. The molecule has 1 heterocycles. The molecule has 112 valence electrons. The highest BCUT2D eigenvalue weighted by atomic mass is 16.1. The van der Waals surface area contributed by atoms with Crippen molar-refractivity contribution in [2.24, 2.45) is 5.92 Å². The molecule has 4 heteroatoms. The molecule has 1 aromatic carbocycles. The van der Waals surface area contributed by atoms with Crippen LogP contribution in [0.2, 0.25) is 0 Å². The Hall–Kier alpha value is -1.94. The maximum Gasteiger partial charge on any atom is 0.204 e. The third-order valence-electron chi connectivity index (χ3n) is 3.30. The summed E-state index contributed by atoms with van der Waals surface area (Å²) in [6.45, 7) is 9.61. The third-order valence-corrected chi connectivity index (χ3v) is 3.30. The molecule has 2 aromatic rings. The van der Waals surface area contributed by atoms with Gasteiger partial charge in [-0.05, 0) is 38.4 Å². The van der Waals surface area contributed by atoms with E-state index in [0.717, 1.165) is 17.9 Å². The van der Waals surface area contributed by atoms with Crippen molar-refractivity contribution in [1.29, 1.82) is 0 Å². The second kappa shape index (κ2) is 6.68. The second-order valence-electron chi connectivity index (χ2n) is 5.87. The summed E-state index contributed by atoms with van der Waals surface area (Å²) in [6, 6.07) is 9.78. The maximum atomic E-state index is 12.0. The fourth-order valence-electron chi connectivity index (χ4n) is 2.13. The SMILES string of the molecule is Cc1ccc(-n2nc(CNCC(C)C)c(=O)cc2C)cc1. The molecule has 0 radical (unpaired) electrons. The van der Waals surface area contributed by atoms with E-state index in [1.807, 2.05) is 35.9 Å². The molecule has 4 nitrogen and oxygen atoms in total. The van der Waals surface area contributed by atoms with Gasteiger partial charge in [0.2, 0.25) is 5.43 Å². The molecule has 0 unspecified atom stereocenters. The first-order valence-corrected chi connectivity index (χ1v) is 7.35. The first-order valence-electron chi connectivity index (χ1n) is 7.35. The molecular weight excluding hydrogens is 262 g/mol. The summed E-state index contributed by atoms with van der Waals surface area (Å²) in [5.41, 5.74) is 3.57. The van der Waals surface area contributed by atoms with E-state index >= 15 is 0 Å². The highest BCUT2D eigenvalue weighted by Gasteiger charge is 2.07. The Kier molecular flexibility index (Phi) is 4.91. The molecule has 0 saturated heterocycles. The first-order chi connectivity index (χ1) is 9.97. The molecule has 0 amide bonds. The smallest absolute Gasteiger partial charge is 0.204 e. The second-order valence-corrected chi connectivity index (χ2v) is 5.87. The minimum Gasteiger partial charge on any atom is -0.311 e. The Morgan fingerprint density at radius 2 is 1.86 bits per heavy atom. The molecule has 0 atom stereocenters. The van der Waals surface area contributed by atoms with Gasteiger partial charge >= 0.3 is 0 Å². The van der Waals surface area contributed by atoms with Gasteiger partial charge in [-0.2, -0.15) is 5.10 Å². The van der Waals surface area contributed by atoms with Gasteiger partial charge in [0.1, 0.15) is 5.69 Å². The van der Waals surface area contributed by atoms with Crippen LogP contribution < -0.4 is 10.7 Å². The van der Waals surface area contributed by atoms with Gasteiger partial charge in [-0.25, -0.2) is 4.68 Å². The van der Waals surface area contributed by atoms with Gasteiger partial charge in [0, 0.05) is 18.3 Å². The van der Waals surface area contributed by atoms with Crippen molar-refractivity contribution in [2.45, 2.75) is 34.2 Å². The average molecular weight is 285 g/mol. The zero-order chi connectivity index (χ0) is 15.4. The molecule has 1 N–H and O–H groups in total. The number of hydrogen-bond donors (Lipinski definition) is 1. The van der Waals surface area contributed by atoms with E-state index in [0.29, 0.717) is 18.2 Å². The molecule has 0 aliphatic heterocycles. The van der Waals surface area contributed by atoms with Crippen molar-refractivity contribution in [3.05, 3.63) is 57.5 Å². The first kappa shape index (κ1) is 15.4. The zero-order valence-corrected chi connectivity index (χ0v) is 13.2. The van der Waals surface area contributed by atoms with Crippen molar-refractivity contribution in [1.82, 2.24) is 15.1 Å². The minimum absolute atomic E-state index is 0.00730. The molecule has 2 rings (SSSR count). The van der Waals surface area contributed by atoms with E-state index in [9.17, 15) is 4.79 Å². The van der Waals surface area contributed by atoms with Gasteiger partial charge in [0.15, 0.2) is 0 Å². The number of benzene rings is 1. The summed E-state index contributed by atoms with van der Waals surface area (Å²) in [6.07, 6.45) is 0. The highest BCUT2D eigenvalue weighted by Crippen LogP contribution is 2.10. The topological polar surface area (TPSA) is 46.9 Å². The fraction of sp³-hybridized carbons (Fsp3) is 0.412. The Bertz CT molecular complexity index is 657. The number of rotatable bonds is 5. The van der Waals surface area contributed by atoms with Crippen molar-refractivity contribution in [3.8, 4) is 5.69 Å². The maximum absolute atomic E-state index is 12.0. The summed E-state index contributed by atoms with van der Waals surface area (Å²) in [4.78, 5) is 12.0. The van der Waals surface area contributed by atoms with Crippen molar-refractivity contribution in [3.63, 3.8) is 0 Å². The molecule has 0 saturated carbocycles. The molecule has 0 spiro atoms. The van der Waals surface area contributed by atoms with Crippen LogP contribution in [-0.4, -0.2) is 16.3 Å². The van der Waals surface area contributed by atoms with Crippen molar-refractivity contribution < 1.29 is 0 Å². The van der Waals surface area contributed by atoms with Gasteiger partial charge in [-0.1, -0.05) is 31.5 Å². The number of aryl methyl sites for hydroxylation is 2. The predicted molar refractivity (Wildman–Crippen MR) is 85.9 cm³/mol. The van der Waals surface area contributed by atoms with Gasteiger partial charge in [0.05, 0.1) is 5.69 Å². The number of hydrogen-bond acceptors (Lipinski definition) is 3. The largest absolute Gasteiger partial charge is 0.311 e. The van der Waals surface area contributed by atoms with Gasteiger partial charge in [-0.15, -0.1) is 0 Å². The fourth-order valence-corrected chi connectivity index (χ4v) is 2.13. The normalized spacial score (nSPS) is 11.1. The molecular formula is C17H23N3O. The lowest BCUT2D eigenvalue weighted by Gasteiger charge is -2.12. The highest BCUT2D eigenvalue weighted by molar-refractivity contribution is 5.35. The molecule has 0 fully saturated rings. The van der Waals surface area contributed by atoms with Gasteiger partial charge in [-0.3, -0.25) is 4.79 Å². The van der Waals surface area contributed by atoms with E-state index in [-0.39, 0.29) is 5.43 Å². The zero-order valence-electron chi connectivity index (χ0n) is 13.2. The quantitative estimate of drug-likeness (QED) is 0.918. The molecule has 0 aliphatic rings. The number of nitrogens with one attached hydrogen (secondary N) is 1. The van der Waals surface area contributed by atoms with Gasteiger partial charge in [0.25, 0.3) is 0 Å². The van der Waals surface area contributed by atoms with Crippen LogP contribution in [0.1, 0.15) is 30.8 Å². The third kappa shape index (κ3) is 4.02. The average Bonchev–Trinajstić information content (AvgIpc) is 2.42. The number of aromatic nitrogens is 2. The summed E-state index contributed by atoms with van der Waals surface area (Å²) in [5, 5.41) is 7.78. The lowest BCUT2D eigenvalue weighted by molar-refractivity contribution is 0.541. The summed E-state index contributed by atoms with van der Waals surface area (Å²) >= 11 is 0. The van der Waals surface area contributed by atoms with Crippen LogP contribution in [0.4, 0.5) is 0 Å². The molecule has 21 heavy (non-hydrogen) atoms. The lowest BCUT2D eigenvalue weighted by atomic mass is 10.2. The summed E-state index contributed by atoms with van der Waals surface area (Å²) in [5.74, 6) is 0.551. The van der Waals surface area contributed by atoms with Crippen LogP contribution in [-0.2, 0) is 6.54 Å². The number of nitrogens with zero attached hydrogens (tertiary/aromatic N) is 2. The van der Waals surface area contributed by atoms with Crippen LogP contribution in [0.3, 0.4) is 0 Å². The summed E-state index contributed by atoms with van der Waals surface area (Å²) in [7, 11) is 0. The van der Waals surface area contributed by atoms with Crippen LogP contribution in [0.25, 0.3) is 5.69 Å². The Labute approximate surface area is 125 Å². The van der Waals surface area contributed by atoms with E-state index in [1.165, 1.54) is 5.56 Å². The van der Waals surface area contributed by atoms with Crippen LogP contribution in [0.15, 0.2) is 35.1 Å². The summed E-state index contributed by atoms with van der Waals surface area (Å²) < 4.78 is 1.83. The standard InChI is InChI=1S/C17H23N3O/c1-12(2)10-18-11-16-17(21)9-14(4)20(19-16)15-7-5-13(3)6-8-15/h5-9,12,18H,10-11H2,1-4H3. The van der Waals surface area contributed by atoms with E-state index in [2.05, 4.69) is 31.2 Å². The van der Waals surface area contributed by atoms with Crippen molar-refractivity contribution >= 4 is 0 Å². The predicted octanol–water partition coefficient (Wildman–Crippen LogP) is 2.59. The van der Waals surface area contributed by atoms with Crippen molar-refractivity contribution in [2.75, 3.05) is 6.54 Å². The van der Waals surface area contributed by atoms with E-state index < -0.39 is 0 Å².